The van der Waals surface area contributed by atoms with Crippen molar-refractivity contribution < 1.29 is 18.3 Å². The van der Waals surface area contributed by atoms with Crippen LogP contribution in [-0.4, -0.2) is 30.0 Å². The van der Waals surface area contributed by atoms with Crippen LogP contribution >= 0.6 is 0 Å². The third-order valence-corrected chi connectivity index (χ3v) is 5.95. The van der Waals surface area contributed by atoms with Crippen LogP contribution < -0.4 is 0 Å². The SMILES string of the molecule is O=C(O)C=C1CC2CCCC(C1)S2(=O)=O. The summed E-state index contributed by atoms with van der Waals surface area (Å²) in [6, 6.07) is 0. The van der Waals surface area contributed by atoms with Gasteiger partial charge in [0.2, 0.25) is 0 Å². The van der Waals surface area contributed by atoms with Gasteiger partial charge in [-0.15, -0.1) is 0 Å². The Hall–Kier alpha value is -0.840. The molecule has 1 N–H and O–H groups in total. The van der Waals surface area contributed by atoms with Gasteiger partial charge in [-0.1, -0.05) is 12.0 Å². The molecule has 2 rings (SSSR count). The number of carboxylic acids is 1. The van der Waals surface area contributed by atoms with Crippen molar-refractivity contribution in [3.05, 3.63) is 11.6 Å². The van der Waals surface area contributed by atoms with Gasteiger partial charge < -0.3 is 5.11 Å². The second kappa shape index (κ2) is 3.63. The van der Waals surface area contributed by atoms with Crippen molar-refractivity contribution in [1.29, 1.82) is 0 Å². The van der Waals surface area contributed by atoms with Crippen LogP contribution in [0.25, 0.3) is 0 Å². The lowest BCUT2D eigenvalue weighted by Crippen LogP contribution is -2.41. The van der Waals surface area contributed by atoms with Gasteiger partial charge in [0.1, 0.15) is 0 Å². The highest BCUT2D eigenvalue weighted by Crippen LogP contribution is 2.38. The lowest BCUT2D eigenvalue weighted by atomic mass is 9.94. The monoisotopic (exact) mass is 230 g/mol. The number of carbonyl (C=O) groups is 1. The molecular formula is C10H14O4S. The third-order valence-electron chi connectivity index (χ3n) is 3.29. The van der Waals surface area contributed by atoms with Gasteiger partial charge in [-0.05, 0) is 25.7 Å². The van der Waals surface area contributed by atoms with Crippen LogP contribution in [0.4, 0.5) is 0 Å². The van der Waals surface area contributed by atoms with E-state index in [-0.39, 0.29) is 10.5 Å². The van der Waals surface area contributed by atoms with E-state index < -0.39 is 15.8 Å². The summed E-state index contributed by atoms with van der Waals surface area (Å²) in [6.45, 7) is 0. The molecule has 2 saturated heterocycles. The Morgan fingerprint density at radius 2 is 1.80 bits per heavy atom. The van der Waals surface area contributed by atoms with E-state index in [0.29, 0.717) is 25.7 Å². The number of fused-ring (bicyclic) bond motifs is 2. The Kier molecular flexibility index (Phi) is 2.58. The molecule has 2 bridgehead atoms. The average molecular weight is 230 g/mol. The Balaban J connectivity index is 2.27. The fourth-order valence-corrected chi connectivity index (χ4v) is 5.00. The highest BCUT2D eigenvalue weighted by Gasteiger charge is 2.42. The largest absolute Gasteiger partial charge is 0.478 e. The van der Waals surface area contributed by atoms with Crippen LogP contribution in [-0.2, 0) is 14.6 Å². The summed E-state index contributed by atoms with van der Waals surface area (Å²) in [5, 5.41) is 7.99. The minimum Gasteiger partial charge on any atom is -0.478 e. The van der Waals surface area contributed by atoms with Crippen molar-refractivity contribution in [1.82, 2.24) is 0 Å². The van der Waals surface area contributed by atoms with E-state index in [1.54, 1.807) is 0 Å². The van der Waals surface area contributed by atoms with Gasteiger partial charge in [0.25, 0.3) is 0 Å². The number of rotatable bonds is 1. The molecule has 0 aromatic carbocycles. The molecule has 2 unspecified atom stereocenters. The summed E-state index contributed by atoms with van der Waals surface area (Å²) in [6.07, 6.45) is 4.36. The summed E-state index contributed by atoms with van der Waals surface area (Å²) < 4.78 is 23.7. The summed E-state index contributed by atoms with van der Waals surface area (Å²) >= 11 is 0. The Morgan fingerprint density at radius 1 is 1.27 bits per heavy atom. The van der Waals surface area contributed by atoms with Crippen molar-refractivity contribution in [3.63, 3.8) is 0 Å². The lowest BCUT2D eigenvalue weighted by Gasteiger charge is -2.35. The molecule has 0 aromatic heterocycles. The van der Waals surface area contributed by atoms with E-state index in [1.807, 2.05) is 0 Å². The molecule has 2 heterocycles. The van der Waals surface area contributed by atoms with E-state index in [0.717, 1.165) is 12.0 Å². The molecule has 0 saturated carbocycles. The number of sulfone groups is 1. The molecule has 5 heteroatoms. The Morgan fingerprint density at radius 3 is 2.27 bits per heavy atom. The molecule has 0 radical (unpaired) electrons. The van der Waals surface area contributed by atoms with Gasteiger partial charge in [0.15, 0.2) is 9.84 Å². The predicted molar refractivity (Wildman–Crippen MR) is 55.3 cm³/mol. The van der Waals surface area contributed by atoms with E-state index in [1.165, 1.54) is 6.08 Å². The Labute approximate surface area is 88.9 Å². The second-order valence-corrected chi connectivity index (χ2v) is 6.82. The van der Waals surface area contributed by atoms with Crippen LogP contribution in [0.1, 0.15) is 32.1 Å². The Bertz CT molecular complexity index is 385. The molecule has 2 fully saturated rings. The predicted octanol–water partition coefficient (Wildman–Crippen LogP) is 1.13. The minimum absolute atomic E-state index is 0.324. The standard InChI is InChI=1S/C10H14O4S/c11-10(12)6-7-4-8-2-1-3-9(5-7)15(8,13)14/h6,8-9H,1-5H2,(H,11,12). The molecule has 2 atom stereocenters. The van der Waals surface area contributed by atoms with E-state index in [2.05, 4.69) is 0 Å². The zero-order chi connectivity index (χ0) is 11.1. The summed E-state index contributed by atoms with van der Waals surface area (Å²) in [5.74, 6) is -0.970. The first-order valence-corrected chi connectivity index (χ1v) is 6.76. The first kappa shape index (κ1) is 10.7. The number of hydrogen-bond acceptors (Lipinski definition) is 3. The molecule has 2 aliphatic heterocycles. The van der Waals surface area contributed by atoms with Crippen molar-refractivity contribution >= 4 is 15.8 Å². The first-order valence-electron chi connectivity index (χ1n) is 5.15. The smallest absolute Gasteiger partial charge is 0.328 e. The van der Waals surface area contributed by atoms with Gasteiger partial charge in [-0.2, -0.15) is 0 Å². The number of aliphatic carboxylic acids is 1. The molecule has 0 aliphatic carbocycles. The molecule has 4 nitrogen and oxygen atoms in total. The molecule has 2 aliphatic rings. The first-order chi connectivity index (χ1) is 7.00. The highest BCUT2D eigenvalue weighted by atomic mass is 32.2. The third kappa shape index (κ3) is 1.93. The number of carboxylic acid groups (broad SMARTS) is 1. The van der Waals surface area contributed by atoms with E-state index in [9.17, 15) is 13.2 Å². The molecular weight excluding hydrogens is 216 g/mol. The fraction of sp³-hybridized carbons (Fsp3) is 0.700. The topological polar surface area (TPSA) is 71.4 Å². The summed E-state index contributed by atoms with van der Waals surface area (Å²) in [4.78, 5) is 10.5. The average Bonchev–Trinajstić information content (AvgIpc) is 2.05. The number of allylic oxidation sites excluding steroid dienone is 1. The van der Waals surface area contributed by atoms with Crippen LogP contribution in [0.15, 0.2) is 11.6 Å². The zero-order valence-corrected chi connectivity index (χ0v) is 9.16. The van der Waals surface area contributed by atoms with E-state index >= 15 is 0 Å². The normalized spacial score (nSPS) is 33.5. The quantitative estimate of drug-likeness (QED) is 0.685. The second-order valence-electron chi connectivity index (χ2n) is 4.31. The minimum atomic E-state index is -2.97. The molecule has 0 aromatic rings. The molecule has 0 spiro atoms. The van der Waals surface area contributed by atoms with Crippen molar-refractivity contribution in [2.24, 2.45) is 0 Å². The maximum absolute atomic E-state index is 11.9. The van der Waals surface area contributed by atoms with Crippen LogP contribution in [0.2, 0.25) is 0 Å². The molecule has 15 heavy (non-hydrogen) atoms. The van der Waals surface area contributed by atoms with Crippen molar-refractivity contribution in [3.8, 4) is 0 Å². The number of hydrogen-bond donors (Lipinski definition) is 1. The highest BCUT2D eigenvalue weighted by molar-refractivity contribution is 7.92. The van der Waals surface area contributed by atoms with Crippen LogP contribution in [0.3, 0.4) is 0 Å². The van der Waals surface area contributed by atoms with Crippen LogP contribution in [0.5, 0.6) is 0 Å². The zero-order valence-electron chi connectivity index (χ0n) is 8.35. The van der Waals surface area contributed by atoms with Gasteiger partial charge in [-0.25, -0.2) is 13.2 Å². The maximum atomic E-state index is 11.9. The van der Waals surface area contributed by atoms with Gasteiger partial charge >= 0.3 is 5.97 Å². The van der Waals surface area contributed by atoms with Gasteiger partial charge in [-0.3, -0.25) is 0 Å². The van der Waals surface area contributed by atoms with Crippen molar-refractivity contribution in [2.45, 2.75) is 42.6 Å². The van der Waals surface area contributed by atoms with E-state index in [4.69, 9.17) is 5.11 Å². The molecule has 0 amide bonds. The lowest BCUT2D eigenvalue weighted by molar-refractivity contribution is -0.131. The fourth-order valence-electron chi connectivity index (χ4n) is 2.57. The molecule has 84 valence electrons. The summed E-state index contributed by atoms with van der Waals surface area (Å²) in [5.41, 5.74) is 0.784. The van der Waals surface area contributed by atoms with Crippen molar-refractivity contribution in [2.75, 3.05) is 0 Å². The summed E-state index contributed by atoms with van der Waals surface area (Å²) in [7, 11) is -2.97. The van der Waals surface area contributed by atoms with Gasteiger partial charge in [0, 0.05) is 6.08 Å². The maximum Gasteiger partial charge on any atom is 0.328 e. The van der Waals surface area contributed by atoms with Crippen LogP contribution in [0, 0.1) is 0 Å². The van der Waals surface area contributed by atoms with Gasteiger partial charge in [0.05, 0.1) is 10.5 Å².